The second-order valence-corrected chi connectivity index (χ2v) is 5.43. The van der Waals surface area contributed by atoms with Crippen LogP contribution in [0.4, 0.5) is 0 Å². The van der Waals surface area contributed by atoms with Gasteiger partial charge in [0.15, 0.2) is 5.69 Å². The lowest BCUT2D eigenvalue weighted by Gasteiger charge is -2.03. The fraction of sp³-hybridized carbons (Fsp3) is 0.100. The van der Waals surface area contributed by atoms with Crippen LogP contribution in [0.3, 0.4) is 0 Å². The molecule has 0 saturated carbocycles. The number of hydrogen-bond donors (Lipinski definition) is 1. The monoisotopic (exact) mass is 321 g/mol. The molecule has 2 aromatic heterocycles. The van der Waals surface area contributed by atoms with Gasteiger partial charge < -0.3 is 5.32 Å². The van der Waals surface area contributed by atoms with Crippen molar-refractivity contribution in [1.29, 1.82) is 0 Å². The molecule has 0 bridgehead atoms. The maximum absolute atomic E-state index is 11.8. The summed E-state index contributed by atoms with van der Waals surface area (Å²) in [5.41, 5.74) is 0.957. The molecule has 8 heteroatoms. The van der Waals surface area contributed by atoms with E-state index in [9.17, 15) is 4.79 Å². The van der Waals surface area contributed by atoms with Crippen LogP contribution in [0.1, 0.15) is 16.1 Å². The summed E-state index contributed by atoms with van der Waals surface area (Å²) in [5, 5.41) is 3.24. The van der Waals surface area contributed by atoms with Gasteiger partial charge in [0.2, 0.25) is 0 Å². The second kappa shape index (κ2) is 5.84. The first-order chi connectivity index (χ1) is 8.58. The number of rotatable bonds is 3. The van der Waals surface area contributed by atoms with Gasteiger partial charge in [0.05, 0.1) is 0 Å². The topological polar surface area (TPSA) is 54.9 Å². The van der Waals surface area contributed by atoms with Crippen LogP contribution in [0.25, 0.3) is 0 Å². The van der Waals surface area contributed by atoms with Crippen LogP contribution in [0, 0.1) is 0 Å². The van der Waals surface area contributed by atoms with Crippen LogP contribution in [-0.4, -0.2) is 15.3 Å². The normalized spacial score (nSPS) is 10.4. The summed E-state index contributed by atoms with van der Waals surface area (Å²) in [7, 11) is 0. The molecule has 0 aliphatic rings. The Morgan fingerprint density at radius 1 is 1.33 bits per heavy atom. The van der Waals surface area contributed by atoms with Gasteiger partial charge in [0.25, 0.3) is 5.91 Å². The van der Waals surface area contributed by atoms with Gasteiger partial charge in [-0.2, -0.15) is 4.37 Å². The molecule has 2 heterocycles. The van der Waals surface area contributed by atoms with Gasteiger partial charge in [-0.1, -0.05) is 40.9 Å². The molecule has 0 spiro atoms. The number of carbonyl (C=O) groups is 1. The first-order valence-corrected chi connectivity index (χ1v) is 6.68. The minimum atomic E-state index is -0.377. The average molecular weight is 323 g/mol. The van der Waals surface area contributed by atoms with Crippen molar-refractivity contribution in [3.05, 3.63) is 44.1 Å². The summed E-state index contributed by atoms with van der Waals surface area (Å²) in [4.78, 5) is 15.7. The van der Waals surface area contributed by atoms with E-state index in [1.54, 1.807) is 18.3 Å². The third-order valence-corrected chi connectivity index (χ3v) is 3.89. The molecule has 2 rings (SSSR count). The number of nitrogens with zero attached hydrogens (tertiary/aromatic N) is 2. The van der Waals surface area contributed by atoms with E-state index >= 15 is 0 Å². The Morgan fingerprint density at radius 3 is 2.67 bits per heavy atom. The molecule has 0 radical (unpaired) electrons. The van der Waals surface area contributed by atoms with E-state index in [0.29, 0.717) is 16.0 Å². The lowest BCUT2D eigenvalue weighted by molar-refractivity contribution is 0.0947. The third kappa shape index (κ3) is 3.11. The lowest BCUT2D eigenvalue weighted by atomic mass is 10.3. The quantitative estimate of drug-likeness (QED) is 0.881. The van der Waals surface area contributed by atoms with Crippen LogP contribution in [0.2, 0.25) is 14.5 Å². The maximum atomic E-state index is 11.8. The van der Waals surface area contributed by atoms with E-state index < -0.39 is 0 Å². The van der Waals surface area contributed by atoms with Crippen molar-refractivity contribution in [2.24, 2.45) is 0 Å². The molecule has 2 aromatic rings. The van der Waals surface area contributed by atoms with Gasteiger partial charge in [0, 0.05) is 12.7 Å². The largest absolute Gasteiger partial charge is 0.346 e. The van der Waals surface area contributed by atoms with Gasteiger partial charge in [-0.15, -0.1) is 0 Å². The number of pyridine rings is 1. The maximum Gasteiger partial charge on any atom is 0.272 e. The van der Waals surface area contributed by atoms with Crippen molar-refractivity contribution in [3.8, 4) is 0 Å². The van der Waals surface area contributed by atoms with Crippen molar-refractivity contribution in [2.45, 2.75) is 6.54 Å². The van der Waals surface area contributed by atoms with E-state index in [0.717, 1.165) is 17.1 Å². The summed E-state index contributed by atoms with van der Waals surface area (Å²) in [5.74, 6) is -0.377. The highest BCUT2D eigenvalue weighted by Gasteiger charge is 2.17. The van der Waals surface area contributed by atoms with Gasteiger partial charge in [-0.05, 0) is 23.2 Å². The highest BCUT2D eigenvalue weighted by Crippen LogP contribution is 2.29. The van der Waals surface area contributed by atoms with Gasteiger partial charge >= 0.3 is 0 Å². The number of amides is 1. The molecule has 94 valence electrons. The molecule has 0 saturated heterocycles. The Kier molecular flexibility index (Phi) is 4.40. The number of nitrogens with one attached hydrogen (secondary N) is 1. The van der Waals surface area contributed by atoms with Crippen LogP contribution >= 0.6 is 46.3 Å². The van der Waals surface area contributed by atoms with E-state index in [1.807, 2.05) is 0 Å². The number of carbonyl (C=O) groups excluding carboxylic acids is 1. The SMILES string of the molecule is O=C(NCc1ccc(Cl)nc1)c1nsc(Cl)c1Cl. The van der Waals surface area contributed by atoms with Crippen molar-refractivity contribution >= 4 is 52.2 Å². The molecule has 0 aliphatic carbocycles. The summed E-state index contributed by atoms with van der Waals surface area (Å²) in [6.45, 7) is 0.314. The van der Waals surface area contributed by atoms with Crippen molar-refractivity contribution < 1.29 is 4.79 Å². The molecular formula is C10H6Cl3N3OS. The predicted octanol–water partition coefficient (Wildman–Crippen LogP) is 3.43. The summed E-state index contributed by atoms with van der Waals surface area (Å²) >= 11 is 18.2. The smallest absolute Gasteiger partial charge is 0.272 e. The van der Waals surface area contributed by atoms with Crippen molar-refractivity contribution in [2.75, 3.05) is 0 Å². The first-order valence-electron chi connectivity index (χ1n) is 4.77. The minimum absolute atomic E-state index is 0.133. The van der Waals surface area contributed by atoms with Gasteiger partial charge in [0.1, 0.15) is 14.5 Å². The van der Waals surface area contributed by atoms with Crippen molar-refractivity contribution in [3.63, 3.8) is 0 Å². The molecule has 0 atom stereocenters. The Labute approximate surface area is 122 Å². The molecule has 1 amide bonds. The van der Waals surface area contributed by atoms with Crippen molar-refractivity contribution in [1.82, 2.24) is 14.7 Å². The first kappa shape index (κ1) is 13.5. The Bertz CT molecular complexity index is 570. The van der Waals surface area contributed by atoms with Crippen LogP contribution in [0.15, 0.2) is 18.3 Å². The van der Waals surface area contributed by atoms with Gasteiger partial charge in [-0.25, -0.2) is 4.98 Å². The molecule has 0 fully saturated rings. The van der Waals surface area contributed by atoms with Crippen LogP contribution < -0.4 is 5.32 Å². The summed E-state index contributed by atoms with van der Waals surface area (Å²) in [6.07, 6.45) is 1.58. The van der Waals surface area contributed by atoms with E-state index in [2.05, 4.69) is 14.7 Å². The van der Waals surface area contributed by atoms with E-state index in [1.165, 1.54) is 0 Å². The second-order valence-electron chi connectivity index (χ2n) is 3.29. The molecule has 1 N–H and O–H groups in total. The highest BCUT2D eigenvalue weighted by molar-refractivity contribution is 7.11. The van der Waals surface area contributed by atoms with E-state index in [4.69, 9.17) is 34.8 Å². The molecule has 4 nitrogen and oxygen atoms in total. The molecule has 0 aliphatic heterocycles. The van der Waals surface area contributed by atoms with Crippen LogP contribution in [-0.2, 0) is 6.54 Å². The zero-order chi connectivity index (χ0) is 13.1. The molecule has 0 unspecified atom stereocenters. The Hall–Kier alpha value is -0.880. The van der Waals surface area contributed by atoms with Crippen LogP contribution in [0.5, 0.6) is 0 Å². The zero-order valence-electron chi connectivity index (χ0n) is 8.78. The fourth-order valence-corrected chi connectivity index (χ4v) is 2.29. The zero-order valence-corrected chi connectivity index (χ0v) is 11.9. The number of hydrogen-bond acceptors (Lipinski definition) is 4. The van der Waals surface area contributed by atoms with Gasteiger partial charge in [-0.3, -0.25) is 4.79 Å². The fourth-order valence-electron chi connectivity index (χ4n) is 1.18. The lowest BCUT2D eigenvalue weighted by Crippen LogP contribution is -2.23. The average Bonchev–Trinajstić information content (AvgIpc) is 2.69. The number of aromatic nitrogens is 2. The Morgan fingerprint density at radius 2 is 2.11 bits per heavy atom. The third-order valence-electron chi connectivity index (χ3n) is 2.05. The summed E-state index contributed by atoms with van der Waals surface area (Å²) in [6, 6.07) is 3.42. The summed E-state index contributed by atoms with van der Waals surface area (Å²) < 4.78 is 4.17. The molecule has 18 heavy (non-hydrogen) atoms. The molecular weight excluding hydrogens is 317 g/mol. The van der Waals surface area contributed by atoms with E-state index in [-0.39, 0.29) is 16.6 Å². The predicted molar refractivity (Wildman–Crippen MR) is 72.6 cm³/mol. The minimum Gasteiger partial charge on any atom is -0.346 e. The molecule has 0 aromatic carbocycles. The Balaban J connectivity index is 2.00. The highest BCUT2D eigenvalue weighted by atomic mass is 35.5. The standard InChI is InChI=1S/C10H6Cl3N3OS/c11-6-2-1-5(3-14-6)4-15-10(17)8-7(12)9(13)18-16-8/h1-3H,4H2,(H,15,17). The number of halogens is 3.